The zero-order chi connectivity index (χ0) is 28.1. The third-order valence-corrected chi connectivity index (χ3v) is 6.80. The highest BCUT2D eigenvalue weighted by Crippen LogP contribution is 2.33. The Kier molecular flexibility index (Phi) is 8.52. The molecule has 0 bridgehead atoms. The second-order valence-corrected chi connectivity index (χ2v) is 10.2. The summed E-state index contributed by atoms with van der Waals surface area (Å²) in [5, 5.41) is 16.2. The Bertz CT molecular complexity index is 1610. The number of rotatable bonds is 10. The van der Waals surface area contributed by atoms with Crippen molar-refractivity contribution in [2.75, 3.05) is 13.7 Å². The Morgan fingerprint density at radius 1 is 1.00 bits per heavy atom. The van der Waals surface area contributed by atoms with Crippen LogP contribution in [0, 0.1) is 10.1 Å². The van der Waals surface area contributed by atoms with Crippen LogP contribution in [0.25, 0.3) is 21.8 Å². The molecule has 0 N–H and O–H groups in total. The molecular weight excluding hydrogens is 522 g/mol. The van der Waals surface area contributed by atoms with Gasteiger partial charge in [0.25, 0.3) is 5.69 Å². The number of nitrogens with zero attached hydrogens (tertiary/aromatic N) is 3. The number of nitro groups is 1. The first kappa shape index (κ1) is 27.7. The summed E-state index contributed by atoms with van der Waals surface area (Å²) in [5.74, 6) is -1.18. The quantitative estimate of drug-likeness (QED) is 0.0876. The van der Waals surface area contributed by atoms with Gasteiger partial charge in [-0.3, -0.25) is 19.7 Å². The molecule has 11 heteroatoms. The van der Waals surface area contributed by atoms with E-state index in [4.69, 9.17) is 9.57 Å². The third-order valence-electron chi connectivity index (χ3n) is 5.87. The molecule has 0 aliphatic rings. The lowest BCUT2D eigenvalue weighted by molar-refractivity contribution is -0.384. The molecule has 4 aromatic rings. The van der Waals surface area contributed by atoms with Crippen molar-refractivity contribution >= 4 is 61.8 Å². The minimum atomic E-state index is -0.676. The van der Waals surface area contributed by atoms with Crippen LogP contribution in [-0.2, 0) is 25.7 Å². The van der Waals surface area contributed by atoms with Crippen LogP contribution in [0.3, 0.4) is 0 Å². The van der Waals surface area contributed by atoms with Crippen LogP contribution in [0.4, 0.5) is 5.69 Å². The fraction of sp³-hybridized carbons (Fsp3) is 0.214. The predicted molar refractivity (Wildman–Crippen MR) is 149 cm³/mol. The van der Waals surface area contributed by atoms with E-state index in [-0.39, 0.29) is 33.9 Å². The van der Waals surface area contributed by atoms with Gasteiger partial charge in [-0.1, -0.05) is 54.2 Å². The van der Waals surface area contributed by atoms with Gasteiger partial charge in [-0.2, -0.15) is 0 Å². The van der Waals surface area contributed by atoms with Gasteiger partial charge in [-0.25, -0.2) is 4.79 Å². The molecule has 1 atom stereocenters. The molecule has 1 aromatic heterocycles. The van der Waals surface area contributed by atoms with Crippen LogP contribution in [0.1, 0.15) is 29.8 Å². The lowest BCUT2D eigenvalue weighted by atomic mass is 9.99. The van der Waals surface area contributed by atoms with Crippen molar-refractivity contribution in [3.8, 4) is 0 Å². The van der Waals surface area contributed by atoms with Crippen LogP contribution < -0.4 is 0 Å². The topological polar surface area (TPSA) is 130 Å². The van der Waals surface area contributed by atoms with E-state index < -0.39 is 16.7 Å². The number of aromatic nitrogens is 1. The smallest absolute Gasteiger partial charge is 0.332 e. The van der Waals surface area contributed by atoms with E-state index in [1.165, 1.54) is 19.1 Å². The summed E-state index contributed by atoms with van der Waals surface area (Å²) in [6.07, 6.45) is 0. The highest BCUT2D eigenvalue weighted by atomic mass is 32.2. The summed E-state index contributed by atoms with van der Waals surface area (Å²) < 4.78 is 6.90. The van der Waals surface area contributed by atoms with E-state index in [0.717, 1.165) is 11.8 Å². The number of nitro benzene ring substituents is 1. The van der Waals surface area contributed by atoms with Gasteiger partial charge in [0.05, 0.1) is 23.6 Å². The van der Waals surface area contributed by atoms with Gasteiger partial charge in [0.1, 0.15) is 0 Å². The number of ketones is 1. The fourth-order valence-electron chi connectivity index (χ4n) is 4.24. The van der Waals surface area contributed by atoms with E-state index in [1.54, 1.807) is 66.3 Å². The zero-order valence-corrected chi connectivity index (χ0v) is 22.3. The number of Topliss-reactive ketones (excluding diaryl/α,β-unsaturated/α-hetero) is 1. The van der Waals surface area contributed by atoms with E-state index in [1.807, 2.05) is 6.92 Å². The number of carbonyl (C=O) groups excluding carboxylic acids is 3. The maximum Gasteiger partial charge on any atom is 0.332 e. The summed E-state index contributed by atoms with van der Waals surface area (Å²) in [7, 11) is 1.57. The van der Waals surface area contributed by atoms with Crippen molar-refractivity contribution in [2.45, 2.75) is 25.6 Å². The van der Waals surface area contributed by atoms with Crippen molar-refractivity contribution < 1.29 is 28.9 Å². The molecule has 200 valence electrons. The summed E-state index contributed by atoms with van der Waals surface area (Å²) >= 11 is 1.16. The molecule has 0 aliphatic carbocycles. The summed E-state index contributed by atoms with van der Waals surface area (Å²) in [6, 6.07) is 17.9. The monoisotopic (exact) mass is 547 g/mol. The average molecular weight is 548 g/mol. The van der Waals surface area contributed by atoms with Gasteiger partial charge in [0, 0.05) is 58.8 Å². The van der Waals surface area contributed by atoms with Crippen molar-refractivity contribution in [3.63, 3.8) is 0 Å². The first-order chi connectivity index (χ1) is 18.7. The SMILES string of the molecule is COCC(C)SC(=O)Cn1c2ccc(C(=O)C(=NOC(C)=O)c3ccccc3)cc2c2cc([N+](=O)[O-])ccc21. The molecule has 0 amide bonds. The molecule has 1 heterocycles. The molecule has 0 saturated heterocycles. The van der Waals surface area contributed by atoms with Gasteiger partial charge in [0.2, 0.25) is 10.9 Å². The van der Waals surface area contributed by atoms with Crippen molar-refractivity contribution in [3.05, 3.63) is 88.0 Å². The van der Waals surface area contributed by atoms with Gasteiger partial charge < -0.3 is 14.1 Å². The number of hydrogen-bond acceptors (Lipinski definition) is 9. The fourth-order valence-corrected chi connectivity index (χ4v) is 5.10. The predicted octanol–water partition coefficient (Wildman–Crippen LogP) is 5.15. The molecule has 0 spiro atoms. The highest BCUT2D eigenvalue weighted by Gasteiger charge is 2.22. The number of carbonyl (C=O) groups is 3. The summed E-state index contributed by atoms with van der Waals surface area (Å²) in [6.45, 7) is 3.51. The second kappa shape index (κ2) is 12.0. The maximum atomic E-state index is 13.6. The van der Waals surface area contributed by atoms with Gasteiger partial charge in [-0.05, 0) is 24.3 Å². The Labute approximate surface area is 227 Å². The number of non-ortho nitro benzene ring substituents is 1. The van der Waals surface area contributed by atoms with Gasteiger partial charge >= 0.3 is 5.97 Å². The van der Waals surface area contributed by atoms with E-state index in [0.29, 0.717) is 34.0 Å². The first-order valence-electron chi connectivity index (χ1n) is 11.9. The van der Waals surface area contributed by atoms with E-state index >= 15 is 0 Å². The average Bonchev–Trinajstić information content (AvgIpc) is 3.21. The molecule has 10 nitrogen and oxygen atoms in total. The van der Waals surface area contributed by atoms with Crippen LogP contribution in [0.2, 0.25) is 0 Å². The molecule has 0 radical (unpaired) electrons. The number of thioether (sulfide) groups is 1. The number of hydrogen-bond donors (Lipinski definition) is 0. The molecule has 0 saturated carbocycles. The maximum absolute atomic E-state index is 13.6. The lowest BCUT2D eigenvalue weighted by Gasteiger charge is -2.11. The van der Waals surface area contributed by atoms with Crippen molar-refractivity contribution in [1.82, 2.24) is 4.57 Å². The van der Waals surface area contributed by atoms with Crippen LogP contribution in [-0.4, -0.2) is 51.0 Å². The molecule has 3 aromatic carbocycles. The minimum absolute atomic E-state index is 0.0208. The Morgan fingerprint density at radius 2 is 1.67 bits per heavy atom. The van der Waals surface area contributed by atoms with Crippen LogP contribution in [0.15, 0.2) is 71.9 Å². The van der Waals surface area contributed by atoms with Crippen molar-refractivity contribution in [1.29, 1.82) is 0 Å². The van der Waals surface area contributed by atoms with E-state index in [2.05, 4.69) is 5.16 Å². The third kappa shape index (κ3) is 6.21. The number of oxime groups is 1. The number of methoxy groups -OCH3 is 1. The molecule has 1 unspecified atom stereocenters. The van der Waals surface area contributed by atoms with Crippen molar-refractivity contribution in [2.24, 2.45) is 5.16 Å². The minimum Gasteiger partial charge on any atom is -0.384 e. The Balaban J connectivity index is 1.83. The molecule has 0 aliphatic heterocycles. The first-order valence-corrected chi connectivity index (χ1v) is 12.8. The Morgan fingerprint density at radius 3 is 2.31 bits per heavy atom. The summed E-state index contributed by atoms with van der Waals surface area (Å²) in [5.41, 5.74) is 1.75. The molecule has 0 fully saturated rings. The van der Waals surface area contributed by atoms with Crippen LogP contribution >= 0.6 is 11.8 Å². The summed E-state index contributed by atoms with van der Waals surface area (Å²) in [4.78, 5) is 53.7. The number of benzene rings is 3. The second-order valence-electron chi connectivity index (χ2n) is 8.75. The zero-order valence-electron chi connectivity index (χ0n) is 21.5. The number of ether oxygens (including phenoxy) is 1. The Hall–Kier alpha value is -4.35. The highest BCUT2D eigenvalue weighted by molar-refractivity contribution is 8.14. The molecule has 39 heavy (non-hydrogen) atoms. The van der Waals surface area contributed by atoms with Gasteiger partial charge in [-0.15, -0.1) is 0 Å². The lowest BCUT2D eigenvalue weighted by Crippen LogP contribution is -2.17. The molecule has 4 rings (SSSR count). The van der Waals surface area contributed by atoms with Crippen LogP contribution in [0.5, 0.6) is 0 Å². The van der Waals surface area contributed by atoms with Gasteiger partial charge in [0.15, 0.2) is 5.71 Å². The standard InChI is InChI=1S/C28H25N3O7S/c1-17(16-37-3)39-26(33)15-30-24-11-9-20(13-22(24)23-14-21(31(35)36)10-12-25(23)30)28(34)27(29-38-18(2)32)19-7-5-4-6-8-19/h4-14,17H,15-16H2,1-3H3. The number of fused-ring (bicyclic) bond motifs is 3. The van der Waals surface area contributed by atoms with E-state index in [9.17, 15) is 24.5 Å². The molecular formula is C28H25N3O7S. The largest absolute Gasteiger partial charge is 0.384 e. The normalized spacial score (nSPS) is 12.4.